The topological polar surface area (TPSA) is 69.7 Å². The van der Waals surface area contributed by atoms with E-state index in [1.165, 1.54) is 22.8 Å². The molecular formula is C26H35N3O3S. The molecule has 3 unspecified atom stereocenters. The summed E-state index contributed by atoms with van der Waals surface area (Å²) in [5.41, 5.74) is 2.29. The third kappa shape index (κ3) is 5.58. The first kappa shape index (κ1) is 23.8. The van der Waals surface area contributed by atoms with Crippen LogP contribution in [-0.4, -0.2) is 44.8 Å². The summed E-state index contributed by atoms with van der Waals surface area (Å²) >= 11 is 0. The zero-order valence-corrected chi connectivity index (χ0v) is 20.4. The summed E-state index contributed by atoms with van der Waals surface area (Å²) in [4.78, 5) is 15.7. The van der Waals surface area contributed by atoms with Crippen molar-refractivity contribution in [2.75, 3.05) is 31.1 Å². The van der Waals surface area contributed by atoms with Gasteiger partial charge in [-0.3, -0.25) is 4.79 Å². The van der Waals surface area contributed by atoms with Crippen LogP contribution in [0, 0.1) is 11.8 Å². The van der Waals surface area contributed by atoms with Crippen molar-refractivity contribution < 1.29 is 13.2 Å². The van der Waals surface area contributed by atoms with Gasteiger partial charge in [-0.15, -0.1) is 0 Å². The maximum atomic E-state index is 13.0. The third-order valence-corrected chi connectivity index (χ3v) is 8.79. The van der Waals surface area contributed by atoms with Gasteiger partial charge in [-0.05, 0) is 68.4 Å². The Morgan fingerprint density at radius 3 is 2.36 bits per heavy atom. The van der Waals surface area contributed by atoms with Gasteiger partial charge in [-0.1, -0.05) is 37.3 Å². The van der Waals surface area contributed by atoms with E-state index in [-0.39, 0.29) is 29.3 Å². The Kier molecular flexibility index (Phi) is 7.39. The molecule has 2 aliphatic rings. The highest BCUT2D eigenvalue weighted by atomic mass is 32.2. The van der Waals surface area contributed by atoms with Crippen LogP contribution in [0.25, 0.3) is 0 Å². The van der Waals surface area contributed by atoms with Crippen molar-refractivity contribution in [1.29, 1.82) is 0 Å². The number of amides is 1. The van der Waals surface area contributed by atoms with Crippen LogP contribution in [0.2, 0.25) is 0 Å². The fourth-order valence-electron chi connectivity index (χ4n) is 4.93. The molecule has 0 bridgehead atoms. The molecule has 2 aromatic rings. The van der Waals surface area contributed by atoms with Crippen LogP contribution in [0.5, 0.6) is 0 Å². The van der Waals surface area contributed by atoms with Gasteiger partial charge < -0.3 is 10.2 Å². The van der Waals surface area contributed by atoms with Crippen LogP contribution in [0.1, 0.15) is 51.1 Å². The second-order valence-electron chi connectivity index (χ2n) is 9.53. The molecule has 0 spiro atoms. The fourth-order valence-corrected chi connectivity index (χ4v) is 6.47. The van der Waals surface area contributed by atoms with E-state index in [0.717, 1.165) is 24.6 Å². The number of hydrogen-bond donors (Lipinski definition) is 1. The van der Waals surface area contributed by atoms with Gasteiger partial charge >= 0.3 is 0 Å². The first-order chi connectivity index (χ1) is 15.8. The summed E-state index contributed by atoms with van der Waals surface area (Å²) in [5.74, 6) is 0.301. The summed E-state index contributed by atoms with van der Waals surface area (Å²) < 4.78 is 27.4. The molecule has 2 fully saturated rings. The van der Waals surface area contributed by atoms with Crippen molar-refractivity contribution in [3.63, 3.8) is 0 Å². The van der Waals surface area contributed by atoms with Crippen molar-refractivity contribution in [3.05, 3.63) is 60.2 Å². The van der Waals surface area contributed by atoms with Gasteiger partial charge in [-0.2, -0.15) is 4.31 Å². The van der Waals surface area contributed by atoms with Crippen LogP contribution in [0.4, 0.5) is 5.69 Å². The van der Waals surface area contributed by atoms with E-state index in [0.29, 0.717) is 19.4 Å². The molecule has 2 aliphatic heterocycles. The molecule has 7 heteroatoms. The van der Waals surface area contributed by atoms with E-state index in [1.54, 1.807) is 30.3 Å². The van der Waals surface area contributed by atoms with E-state index < -0.39 is 10.0 Å². The summed E-state index contributed by atoms with van der Waals surface area (Å²) in [6, 6.07) is 16.8. The molecule has 2 aromatic carbocycles. The van der Waals surface area contributed by atoms with E-state index >= 15 is 0 Å². The highest BCUT2D eigenvalue weighted by Gasteiger charge is 2.33. The Morgan fingerprint density at radius 2 is 1.67 bits per heavy atom. The maximum absolute atomic E-state index is 13.0. The number of nitrogens with zero attached hydrogens (tertiary/aromatic N) is 2. The van der Waals surface area contributed by atoms with Crippen molar-refractivity contribution in [2.24, 2.45) is 11.8 Å². The number of sulfonamides is 1. The summed E-state index contributed by atoms with van der Waals surface area (Å²) in [5, 5.41) is 3.11. The van der Waals surface area contributed by atoms with Gasteiger partial charge in [-0.25, -0.2) is 8.42 Å². The largest absolute Gasteiger partial charge is 0.371 e. The highest BCUT2D eigenvalue weighted by molar-refractivity contribution is 7.89. The van der Waals surface area contributed by atoms with E-state index in [4.69, 9.17) is 0 Å². The fraction of sp³-hybridized carbons (Fsp3) is 0.500. The number of rotatable bonds is 6. The van der Waals surface area contributed by atoms with Crippen LogP contribution >= 0.6 is 0 Å². The van der Waals surface area contributed by atoms with Crippen molar-refractivity contribution in [2.45, 2.75) is 50.5 Å². The Labute approximate surface area is 198 Å². The molecule has 1 amide bonds. The second-order valence-corrected chi connectivity index (χ2v) is 11.5. The predicted molar refractivity (Wildman–Crippen MR) is 132 cm³/mol. The maximum Gasteiger partial charge on any atom is 0.243 e. The molecular weight excluding hydrogens is 434 g/mol. The number of anilines is 1. The molecule has 178 valence electrons. The lowest BCUT2D eigenvalue weighted by atomic mass is 9.97. The molecule has 3 atom stereocenters. The lowest BCUT2D eigenvalue weighted by molar-refractivity contribution is -0.126. The van der Waals surface area contributed by atoms with Crippen LogP contribution in [-0.2, 0) is 14.8 Å². The number of benzene rings is 2. The molecule has 4 rings (SSSR count). The molecule has 1 N–H and O–H groups in total. The Balaban J connectivity index is 1.36. The average molecular weight is 470 g/mol. The number of carbonyl (C=O) groups excluding carboxylic acids is 1. The van der Waals surface area contributed by atoms with Crippen LogP contribution in [0.3, 0.4) is 0 Å². The van der Waals surface area contributed by atoms with E-state index in [2.05, 4.69) is 41.4 Å². The smallest absolute Gasteiger partial charge is 0.243 e. The van der Waals surface area contributed by atoms with Gasteiger partial charge in [0.1, 0.15) is 0 Å². The molecule has 2 saturated heterocycles. The second kappa shape index (κ2) is 10.3. The minimum atomic E-state index is -3.58. The number of carbonyl (C=O) groups is 1. The summed E-state index contributed by atoms with van der Waals surface area (Å²) in [6.45, 7) is 7.15. The van der Waals surface area contributed by atoms with E-state index in [1.807, 2.05) is 6.92 Å². The monoisotopic (exact) mass is 469 g/mol. The first-order valence-electron chi connectivity index (χ1n) is 12.0. The van der Waals surface area contributed by atoms with Gasteiger partial charge in [0.15, 0.2) is 0 Å². The molecule has 6 nitrogen and oxygen atoms in total. The van der Waals surface area contributed by atoms with Crippen molar-refractivity contribution in [3.8, 4) is 0 Å². The Morgan fingerprint density at radius 1 is 0.970 bits per heavy atom. The van der Waals surface area contributed by atoms with Crippen LogP contribution < -0.4 is 10.2 Å². The quantitative estimate of drug-likeness (QED) is 0.688. The van der Waals surface area contributed by atoms with Gasteiger partial charge in [0, 0.05) is 31.9 Å². The first-order valence-corrected chi connectivity index (χ1v) is 13.5. The molecule has 0 saturated carbocycles. The number of nitrogens with one attached hydrogen (secondary N) is 1. The van der Waals surface area contributed by atoms with Crippen molar-refractivity contribution in [1.82, 2.24) is 9.62 Å². The van der Waals surface area contributed by atoms with E-state index in [9.17, 15) is 13.2 Å². The number of hydrogen-bond acceptors (Lipinski definition) is 4. The third-order valence-electron chi connectivity index (χ3n) is 6.91. The molecule has 0 radical (unpaired) electrons. The summed E-state index contributed by atoms with van der Waals surface area (Å²) in [6.07, 6.45) is 3.91. The van der Waals surface area contributed by atoms with Crippen molar-refractivity contribution >= 4 is 21.6 Å². The van der Waals surface area contributed by atoms with Gasteiger partial charge in [0.2, 0.25) is 15.9 Å². The van der Waals surface area contributed by atoms with Crippen LogP contribution in [0.15, 0.2) is 59.5 Å². The average Bonchev–Trinajstić information content (AvgIpc) is 2.84. The minimum Gasteiger partial charge on any atom is -0.371 e. The SMILES string of the molecule is CC1CCCN(c2ccc(C(C)NC(=O)C3CCCN(S(=O)(=O)c4ccccc4)C3)cc2)C1. The predicted octanol–water partition coefficient (Wildman–Crippen LogP) is 4.20. The highest BCUT2D eigenvalue weighted by Crippen LogP contribution is 2.26. The molecule has 2 heterocycles. The number of piperidine rings is 2. The summed E-state index contributed by atoms with van der Waals surface area (Å²) in [7, 11) is -3.58. The lowest BCUT2D eigenvalue weighted by Crippen LogP contribution is -2.45. The Hall–Kier alpha value is -2.38. The van der Waals surface area contributed by atoms with Gasteiger partial charge in [0.25, 0.3) is 0 Å². The zero-order chi connectivity index (χ0) is 23.4. The molecule has 33 heavy (non-hydrogen) atoms. The van der Waals surface area contributed by atoms with Gasteiger partial charge in [0.05, 0.1) is 16.9 Å². The lowest BCUT2D eigenvalue weighted by Gasteiger charge is -2.33. The standard InChI is InChI=1S/C26H35N3O3S/c1-20-8-6-16-28(18-20)24-14-12-22(13-15-24)21(2)27-26(30)23-9-7-17-29(19-23)33(31,32)25-10-4-3-5-11-25/h3-5,10-15,20-21,23H,6-9,16-19H2,1-2H3,(H,27,30). The zero-order valence-electron chi connectivity index (χ0n) is 19.6. The Bertz CT molecular complexity index is 1040. The normalized spacial score (nSPS) is 23.2. The minimum absolute atomic E-state index is 0.0793. The molecule has 0 aliphatic carbocycles. The molecule has 0 aromatic heterocycles.